The Balaban J connectivity index is 2.17. The van der Waals surface area contributed by atoms with E-state index in [2.05, 4.69) is 41.7 Å². The number of aromatic nitrogens is 2. The SMILES string of the molecule is C=Cc1ccccc1CC(C)c1cnc[nH]1. The van der Waals surface area contributed by atoms with E-state index in [4.69, 9.17) is 0 Å². The molecule has 0 saturated heterocycles. The van der Waals surface area contributed by atoms with E-state index in [-0.39, 0.29) is 0 Å². The lowest BCUT2D eigenvalue weighted by Gasteiger charge is -2.11. The summed E-state index contributed by atoms with van der Waals surface area (Å²) < 4.78 is 0. The van der Waals surface area contributed by atoms with Crippen LogP contribution in [0.5, 0.6) is 0 Å². The second kappa shape index (κ2) is 4.79. The summed E-state index contributed by atoms with van der Waals surface area (Å²) in [7, 11) is 0. The molecule has 1 unspecified atom stereocenters. The first-order valence-corrected chi connectivity index (χ1v) is 5.50. The summed E-state index contributed by atoms with van der Waals surface area (Å²) in [5, 5.41) is 0. The molecule has 0 aliphatic rings. The molecule has 82 valence electrons. The molecule has 1 heterocycles. The molecule has 0 amide bonds. The Morgan fingerprint density at radius 2 is 2.25 bits per heavy atom. The van der Waals surface area contributed by atoms with Crippen molar-refractivity contribution in [3.05, 3.63) is 60.2 Å². The van der Waals surface area contributed by atoms with Gasteiger partial charge in [0.25, 0.3) is 0 Å². The van der Waals surface area contributed by atoms with Gasteiger partial charge in [0.2, 0.25) is 0 Å². The first-order valence-electron chi connectivity index (χ1n) is 5.50. The fraction of sp³-hybridized carbons (Fsp3) is 0.214. The maximum absolute atomic E-state index is 4.05. The molecule has 1 N–H and O–H groups in total. The number of H-pyrrole nitrogens is 1. The molecule has 0 radical (unpaired) electrons. The van der Waals surface area contributed by atoms with Gasteiger partial charge < -0.3 is 4.98 Å². The quantitative estimate of drug-likeness (QED) is 0.826. The lowest BCUT2D eigenvalue weighted by molar-refractivity contribution is 0.735. The molecule has 16 heavy (non-hydrogen) atoms. The van der Waals surface area contributed by atoms with Crippen molar-refractivity contribution >= 4 is 6.08 Å². The molecule has 2 heteroatoms. The van der Waals surface area contributed by atoms with Crippen LogP contribution in [0.2, 0.25) is 0 Å². The number of benzene rings is 1. The van der Waals surface area contributed by atoms with Crippen LogP contribution in [0.25, 0.3) is 6.08 Å². The Kier molecular flexibility index (Phi) is 3.20. The van der Waals surface area contributed by atoms with Crippen molar-refractivity contribution in [2.24, 2.45) is 0 Å². The van der Waals surface area contributed by atoms with Crippen molar-refractivity contribution < 1.29 is 0 Å². The summed E-state index contributed by atoms with van der Waals surface area (Å²) in [6, 6.07) is 8.37. The largest absolute Gasteiger partial charge is 0.348 e. The van der Waals surface area contributed by atoms with Crippen LogP contribution in [0.4, 0.5) is 0 Å². The van der Waals surface area contributed by atoms with Crippen LogP contribution < -0.4 is 0 Å². The first-order chi connectivity index (χ1) is 7.81. The van der Waals surface area contributed by atoms with Gasteiger partial charge in [-0.3, -0.25) is 0 Å². The second-order valence-corrected chi connectivity index (χ2v) is 4.02. The number of nitrogens with zero attached hydrogens (tertiary/aromatic N) is 1. The molecule has 0 aliphatic carbocycles. The minimum Gasteiger partial charge on any atom is -0.348 e. The van der Waals surface area contributed by atoms with E-state index in [0.29, 0.717) is 5.92 Å². The van der Waals surface area contributed by atoms with Gasteiger partial charge in [-0.05, 0) is 17.5 Å². The predicted molar refractivity (Wildman–Crippen MR) is 67.2 cm³/mol. The van der Waals surface area contributed by atoms with Crippen LogP contribution in [0.3, 0.4) is 0 Å². The highest BCUT2D eigenvalue weighted by molar-refractivity contribution is 5.52. The zero-order chi connectivity index (χ0) is 11.4. The number of hydrogen-bond donors (Lipinski definition) is 1. The fourth-order valence-corrected chi connectivity index (χ4v) is 1.90. The Labute approximate surface area is 96.1 Å². The van der Waals surface area contributed by atoms with Gasteiger partial charge in [-0.2, -0.15) is 0 Å². The molecule has 1 atom stereocenters. The Hall–Kier alpha value is -1.83. The number of nitrogens with one attached hydrogen (secondary N) is 1. The van der Waals surface area contributed by atoms with Gasteiger partial charge in [0, 0.05) is 17.8 Å². The van der Waals surface area contributed by atoms with Crippen LogP contribution in [0.15, 0.2) is 43.4 Å². The van der Waals surface area contributed by atoms with Crippen LogP contribution in [0, 0.1) is 0 Å². The van der Waals surface area contributed by atoms with Gasteiger partial charge in [0.05, 0.1) is 6.33 Å². The number of rotatable bonds is 4. The smallest absolute Gasteiger partial charge is 0.0921 e. The van der Waals surface area contributed by atoms with Gasteiger partial charge in [-0.15, -0.1) is 0 Å². The average Bonchev–Trinajstić information content (AvgIpc) is 2.83. The highest BCUT2D eigenvalue weighted by Gasteiger charge is 2.09. The van der Waals surface area contributed by atoms with E-state index in [0.717, 1.165) is 6.42 Å². The summed E-state index contributed by atoms with van der Waals surface area (Å²) in [5.74, 6) is 0.448. The molecule has 0 saturated carbocycles. The minimum absolute atomic E-state index is 0.448. The summed E-state index contributed by atoms with van der Waals surface area (Å²) in [5.41, 5.74) is 3.73. The third-order valence-corrected chi connectivity index (χ3v) is 2.85. The second-order valence-electron chi connectivity index (χ2n) is 4.02. The van der Waals surface area contributed by atoms with Gasteiger partial charge in [0.1, 0.15) is 0 Å². The Morgan fingerprint density at radius 1 is 1.44 bits per heavy atom. The highest BCUT2D eigenvalue weighted by Crippen LogP contribution is 2.20. The molecule has 0 bridgehead atoms. The van der Waals surface area contributed by atoms with E-state index >= 15 is 0 Å². The third-order valence-electron chi connectivity index (χ3n) is 2.85. The molecule has 0 aliphatic heterocycles. The Bertz CT molecular complexity index is 457. The summed E-state index contributed by atoms with van der Waals surface area (Å²) >= 11 is 0. The van der Waals surface area contributed by atoms with Gasteiger partial charge in [0.15, 0.2) is 0 Å². The van der Waals surface area contributed by atoms with Crippen molar-refractivity contribution in [1.29, 1.82) is 0 Å². The van der Waals surface area contributed by atoms with E-state index in [9.17, 15) is 0 Å². The Morgan fingerprint density at radius 3 is 2.94 bits per heavy atom. The van der Waals surface area contributed by atoms with Crippen LogP contribution in [-0.4, -0.2) is 9.97 Å². The topological polar surface area (TPSA) is 28.7 Å². The summed E-state index contributed by atoms with van der Waals surface area (Å²) in [6.45, 7) is 6.04. The lowest BCUT2D eigenvalue weighted by atomic mass is 9.95. The van der Waals surface area contributed by atoms with E-state index in [1.807, 2.05) is 18.3 Å². The first kappa shape index (κ1) is 10.7. The van der Waals surface area contributed by atoms with Gasteiger partial charge in [-0.25, -0.2) is 4.98 Å². The molecule has 2 rings (SSSR count). The zero-order valence-electron chi connectivity index (χ0n) is 9.48. The number of hydrogen-bond acceptors (Lipinski definition) is 1. The van der Waals surface area contributed by atoms with E-state index in [1.165, 1.54) is 16.8 Å². The van der Waals surface area contributed by atoms with Crippen molar-refractivity contribution in [3.63, 3.8) is 0 Å². The van der Waals surface area contributed by atoms with Crippen LogP contribution in [-0.2, 0) is 6.42 Å². The van der Waals surface area contributed by atoms with E-state index < -0.39 is 0 Å². The molecule has 2 aromatic rings. The average molecular weight is 212 g/mol. The molecule has 0 fully saturated rings. The molecular formula is C14H16N2. The van der Waals surface area contributed by atoms with Crippen molar-refractivity contribution in [2.45, 2.75) is 19.3 Å². The molecule has 0 spiro atoms. The maximum Gasteiger partial charge on any atom is 0.0921 e. The van der Waals surface area contributed by atoms with Crippen LogP contribution in [0.1, 0.15) is 29.7 Å². The maximum atomic E-state index is 4.05. The van der Waals surface area contributed by atoms with Crippen molar-refractivity contribution in [2.75, 3.05) is 0 Å². The van der Waals surface area contributed by atoms with Crippen LogP contribution >= 0.6 is 0 Å². The standard InChI is InChI=1S/C14H16N2/c1-3-12-6-4-5-7-13(12)8-11(2)14-9-15-10-16-14/h3-7,9-11H,1,8H2,2H3,(H,15,16). The predicted octanol–water partition coefficient (Wildman–Crippen LogP) is 3.40. The molecule has 1 aromatic carbocycles. The lowest BCUT2D eigenvalue weighted by Crippen LogP contribution is -2.00. The molecule has 1 aromatic heterocycles. The molecule has 2 nitrogen and oxygen atoms in total. The zero-order valence-corrected chi connectivity index (χ0v) is 9.48. The van der Waals surface area contributed by atoms with E-state index in [1.54, 1.807) is 6.33 Å². The van der Waals surface area contributed by atoms with Gasteiger partial charge >= 0.3 is 0 Å². The summed E-state index contributed by atoms with van der Waals surface area (Å²) in [4.78, 5) is 7.21. The minimum atomic E-state index is 0.448. The normalized spacial score (nSPS) is 12.3. The van der Waals surface area contributed by atoms with Crippen molar-refractivity contribution in [3.8, 4) is 0 Å². The fourth-order valence-electron chi connectivity index (χ4n) is 1.90. The third kappa shape index (κ3) is 2.22. The number of aromatic amines is 1. The highest BCUT2D eigenvalue weighted by atomic mass is 14.9. The number of imidazole rings is 1. The van der Waals surface area contributed by atoms with Gasteiger partial charge in [-0.1, -0.05) is 43.8 Å². The summed E-state index contributed by atoms with van der Waals surface area (Å²) in [6.07, 6.45) is 6.53. The monoisotopic (exact) mass is 212 g/mol. The molecular weight excluding hydrogens is 196 g/mol. The van der Waals surface area contributed by atoms with Crippen molar-refractivity contribution in [1.82, 2.24) is 9.97 Å².